The molecule has 0 aromatic heterocycles. The van der Waals surface area contributed by atoms with Gasteiger partial charge in [0, 0.05) is 13.2 Å². The molecular weight excluding hydrogens is 296 g/mol. The van der Waals surface area contributed by atoms with Gasteiger partial charge in [-0.2, -0.15) is 0 Å². The molecule has 0 saturated heterocycles. The van der Waals surface area contributed by atoms with Gasteiger partial charge in [0.2, 0.25) is 5.91 Å². The highest BCUT2D eigenvalue weighted by Gasteiger charge is 2.12. The number of benzene rings is 1. The van der Waals surface area contributed by atoms with Gasteiger partial charge in [0.15, 0.2) is 0 Å². The van der Waals surface area contributed by atoms with Crippen LogP contribution < -0.4 is 5.32 Å². The second kappa shape index (κ2) is 8.61. The van der Waals surface area contributed by atoms with E-state index in [-0.39, 0.29) is 35.3 Å². The molecule has 1 amide bonds. The standard InChI is InChI=1S/C14H19ClN2O4/c1-2-17(6-3-7-18)9-13(19)16-12-8-10(14(20)21)4-5-11(12)15/h4-5,8,18H,2-3,6-7,9H2,1H3,(H,16,19)(H,20,21). The largest absolute Gasteiger partial charge is 0.478 e. The fourth-order valence-corrected chi connectivity index (χ4v) is 1.96. The van der Waals surface area contributed by atoms with Gasteiger partial charge in [0.25, 0.3) is 0 Å². The van der Waals surface area contributed by atoms with Gasteiger partial charge in [-0.15, -0.1) is 0 Å². The number of aliphatic hydroxyl groups excluding tert-OH is 1. The van der Waals surface area contributed by atoms with Gasteiger partial charge < -0.3 is 15.5 Å². The van der Waals surface area contributed by atoms with E-state index in [1.54, 1.807) is 0 Å². The zero-order chi connectivity index (χ0) is 15.8. The summed E-state index contributed by atoms with van der Waals surface area (Å²) < 4.78 is 0. The van der Waals surface area contributed by atoms with Crippen LogP contribution in [0.5, 0.6) is 0 Å². The fraction of sp³-hybridized carbons (Fsp3) is 0.429. The average molecular weight is 315 g/mol. The first-order chi connectivity index (χ1) is 9.97. The van der Waals surface area contributed by atoms with Crippen LogP contribution in [-0.4, -0.2) is 53.2 Å². The van der Waals surface area contributed by atoms with Crippen LogP contribution in [0.25, 0.3) is 0 Å². The second-order valence-electron chi connectivity index (χ2n) is 4.49. The molecule has 0 radical (unpaired) electrons. The maximum absolute atomic E-state index is 12.0. The number of carbonyl (C=O) groups excluding carboxylic acids is 1. The molecule has 0 aliphatic heterocycles. The summed E-state index contributed by atoms with van der Waals surface area (Å²) in [6.45, 7) is 3.44. The number of carboxylic acids is 1. The number of rotatable bonds is 8. The van der Waals surface area contributed by atoms with E-state index in [2.05, 4.69) is 5.32 Å². The number of halogens is 1. The molecule has 0 aliphatic carbocycles. The third-order valence-electron chi connectivity index (χ3n) is 2.93. The minimum absolute atomic E-state index is 0.0577. The normalized spacial score (nSPS) is 10.7. The van der Waals surface area contributed by atoms with Crippen molar-refractivity contribution in [2.24, 2.45) is 0 Å². The van der Waals surface area contributed by atoms with E-state index < -0.39 is 5.97 Å². The number of likely N-dealkylation sites (N-methyl/N-ethyl adjacent to an activating group) is 1. The molecule has 0 atom stereocenters. The first-order valence-corrected chi connectivity index (χ1v) is 7.01. The zero-order valence-corrected chi connectivity index (χ0v) is 12.6. The summed E-state index contributed by atoms with van der Waals surface area (Å²) in [5.74, 6) is -1.36. The van der Waals surface area contributed by atoms with Crippen LogP contribution in [0.2, 0.25) is 5.02 Å². The van der Waals surface area contributed by atoms with E-state index in [4.69, 9.17) is 21.8 Å². The van der Waals surface area contributed by atoms with Crippen LogP contribution in [0, 0.1) is 0 Å². The van der Waals surface area contributed by atoms with E-state index in [1.807, 2.05) is 11.8 Å². The Morgan fingerprint density at radius 1 is 1.38 bits per heavy atom. The van der Waals surface area contributed by atoms with E-state index in [9.17, 15) is 9.59 Å². The Kier molecular flexibility index (Phi) is 7.14. The molecule has 1 aromatic rings. The van der Waals surface area contributed by atoms with Gasteiger partial charge in [-0.05, 0) is 31.2 Å². The third kappa shape index (κ3) is 5.71. The van der Waals surface area contributed by atoms with Crippen molar-refractivity contribution in [3.63, 3.8) is 0 Å². The summed E-state index contributed by atoms with van der Waals surface area (Å²) in [4.78, 5) is 24.7. The molecule has 1 aromatic carbocycles. The Morgan fingerprint density at radius 2 is 2.10 bits per heavy atom. The summed E-state index contributed by atoms with van der Waals surface area (Å²) >= 11 is 5.94. The third-order valence-corrected chi connectivity index (χ3v) is 3.26. The maximum atomic E-state index is 12.0. The molecule has 7 heteroatoms. The van der Waals surface area contributed by atoms with Crippen LogP contribution in [0.15, 0.2) is 18.2 Å². The number of anilines is 1. The van der Waals surface area contributed by atoms with Gasteiger partial charge in [-0.3, -0.25) is 9.69 Å². The average Bonchev–Trinajstić information content (AvgIpc) is 2.45. The summed E-state index contributed by atoms with van der Waals surface area (Å²) in [6, 6.07) is 4.14. The lowest BCUT2D eigenvalue weighted by Gasteiger charge is -2.19. The highest BCUT2D eigenvalue weighted by atomic mass is 35.5. The number of hydrogen-bond acceptors (Lipinski definition) is 4. The number of aromatic carboxylic acids is 1. The van der Waals surface area contributed by atoms with Crippen molar-refractivity contribution < 1.29 is 19.8 Å². The predicted molar refractivity (Wildman–Crippen MR) is 80.9 cm³/mol. The topological polar surface area (TPSA) is 89.9 Å². The lowest BCUT2D eigenvalue weighted by Crippen LogP contribution is -2.34. The molecule has 21 heavy (non-hydrogen) atoms. The summed E-state index contributed by atoms with van der Waals surface area (Å²) in [7, 11) is 0. The van der Waals surface area contributed by atoms with E-state index in [0.29, 0.717) is 19.5 Å². The number of carbonyl (C=O) groups is 2. The minimum atomic E-state index is -1.08. The molecule has 3 N–H and O–H groups in total. The number of aliphatic hydroxyl groups is 1. The number of nitrogens with zero attached hydrogens (tertiary/aromatic N) is 1. The zero-order valence-electron chi connectivity index (χ0n) is 11.8. The first kappa shape index (κ1) is 17.4. The molecule has 0 fully saturated rings. The molecular formula is C14H19ClN2O4. The minimum Gasteiger partial charge on any atom is -0.478 e. The van der Waals surface area contributed by atoms with Crippen molar-refractivity contribution in [3.05, 3.63) is 28.8 Å². The highest BCUT2D eigenvalue weighted by Crippen LogP contribution is 2.23. The summed E-state index contributed by atoms with van der Waals surface area (Å²) in [6.07, 6.45) is 0.594. The van der Waals surface area contributed by atoms with Crippen molar-refractivity contribution in [2.45, 2.75) is 13.3 Å². The summed E-state index contributed by atoms with van der Waals surface area (Å²) in [5, 5.41) is 20.6. The van der Waals surface area contributed by atoms with Gasteiger partial charge in [-0.1, -0.05) is 18.5 Å². The molecule has 0 unspecified atom stereocenters. The van der Waals surface area contributed by atoms with Crippen molar-refractivity contribution in [3.8, 4) is 0 Å². The second-order valence-corrected chi connectivity index (χ2v) is 4.90. The van der Waals surface area contributed by atoms with Crippen molar-refractivity contribution >= 4 is 29.2 Å². The smallest absolute Gasteiger partial charge is 0.335 e. The van der Waals surface area contributed by atoms with Gasteiger partial charge in [0.1, 0.15) is 0 Å². The Bertz CT molecular complexity index is 508. The van der Waals surface area contributed by atoms with Crippen LogP contribution >= 0.6 is 11.6 Å². The maximum Gasteiger partial charge on any atom is 0.335 e. The predicted octanol–water partition coefficient (Wildman–Crippen LogP) is 1.68. The highest BCUT2D eigenvalue weighted by molar-refractivity contribution is 6.33. The van der Waals surface area contributed by atoms with E-state index in [0.717, 1.165) is 0 Å². The Balaban J connectivity index is 2.69. The Labute approximate surface area is 128 Å². The molecule has 0 aliphatic rings. The van der Waals surface area contributed by atoms with E-state index in [1.165, 1.54) is 18.2 Å². The molecule has 1 rings (SSSR count). The van der Waals surface area contributed by atoms with Crippen LogP contribution in [0.4, 0.5) is 5.69 Å². The lowest BCUT2D eigenvalue weighted by atomic mass is 10.2. The summed E-state index contributed by atoms with van der Waals surface area (Å²) in [5.41, 5.74) is 0.335. The van der Waals surface area contributed by atoms with Crippen molar-refractivity contribution in [2.75, 3.05) is 31.6 Å². The SMILES string of the molecule is CCN(CCCO)CC(=O)Nc1cc(C(=O)O)ccc1Cl. The van der Waals surface area contributed by atoms with Gasteiger partial charge in [-0.25, -0.2) is 4.79 Å². The first-order valence-electron chi connectivity index (χ1n) is 6.63. The van der Waals surface area contributed by atoms with Gasteiger partial charge >= 0.3 is 5.97 Å². The monoisotopic (exact) mass is 314 g/mol. The number of nitrogens with one attached hydrogen (secondary N) is 1. The van der Waals surface area contributed by atoms with Crippen LogP contribution in [-0.2, 0) is 4.79 Å². The molecule has 0 heterocycles. The number of hydrogen-bond donors (Lipinski definition) is 3. The molecule has 6 nitrogen and oxygen atoms in total. The molecule has 0 bridgehead atoms. The number of carboxylic acid groups (broad SMARTS) is 1. The quantitative estimate of drug-likeness (QED) is 0.679. The van der Waals surface area contributed by atoms with Crippen LogP contribution in [0.3, 0.4) is 0 Å². The lowest BCUT2D eigenvalue weighted by molar-refractivity contribution is -0.117. The van der Waals surface area contributed by atoms with E-state index >= 15 is 0 Å². The molecule has 116 valence electrons. The number of amides is 1. The fourth-order valence-electron chi connectivity index (χ4n) is 1.79. The Morgan fingerprint density at radius 3 is 2.67 bits per heavy atom. The van der Waals surface area contributed by atoms with Gasteiger partial charge in [0.05, 0.1) is 22.8 Å². The molecule has 0 spiro atoms. The Hall–Kier alpha value is -1.63. The van der Waals surface area contributed by atoms with Crippen molar-refractivity contribution in [1.82, 2.24) is 4.90 Å². The van der Waals surface area contributed by atoms with Crippen LogP contribution in [0.1, 0.15) is 23.7 Å². The molecule has 0 saturated carbocycles. The van der Waals surface area contributed by atoms with Crippen molar-refractivity contribution in [1.29, 1.82) is 0 Å².